The largest absolute Gasteiger partial charge is 0.207 e. The minimum absolute atomic E-state index is 0.123. The summed E-state index contributed by atoms with van der Waals surface area (Å²) in [6.45, 7) is 4.33. The van der Waals surface area contributed by atoms with Gasteiger partial charge in [0.2, 0.25) is 0 Å². The van der Waals surface area contributed by atoms with Crippen molar-refractivity contribution in [3.05, 3.63) is 95.3 Å². The van der Waals surface area contributed by atoms with E-state index in [9.17, 15) is 0 Å². The van der Waals surface area contributed by atoms with Crippen LogP contribution in [-0.4, -0.2) is 0 Å². The number of halogens is 3. The average Bonchev–Trinajstić information content (AvgIpc) is 3.12. The predicted octanol–water partition coefficient (Wildman–Crippen LogP) is 14.6. The topological polar surface area (TPSA) is 0 Å². The second kappa shape index (κ2) is 18.8. The molecular weight excluding hydrogens is 597 g/mol. The SMILES string of the molecule is C/C=C/CCC1CCC(C2CCC(c3ccc(-c4ccc(-c5ccc(CCCCCCCCCC)c(F)c5F)cc4)cc3F)CC2)CC1. The van der Waals surface area contributed by atoms with Crippen LogP contribution in [0.3, 0.4) is 0 Å². The summed E-state index contributed by atoms with van der Waals surface area (Å²) in [5, 5.41) is 0. The number of rotatable bonds is 16. The molecule has 0 atom stereocenters. The fraction of sp³-hybridized carbons (Fsp3) is 0.556. The van der Waals surface area contributed by atoms with Gasteiger partial charge in [-0.05, 0) is 129 Å². The monoisotopic (exact) mass is 656 g/mol. The zero-order valence-corrected chi connectivity index (χ0v) is 29.7. The molecule has 3 aromatic rings. The third-order valence-electron chi connectivity index (χ3n) is 11.7. The van der Waals surface area contributed by atoms with E-state index in [-0.39, 0.29) is 11.4 Å². The Labute approximate surface area is 289 Å². The summed E-state index contributed by atoms with van der Waals surface area (Å²) < 4.78 is 45.7. The van der Waals surface area contributed by atoms with Gasteiger partial charge in [-0.3, -0.25) is 0 Å². The Bertz CT molecular complexity index is 1420. The quantitative estimate of drug-likeness (QED) is 0.106. The van der Waals surface area contributed by atoms with Crippen LogP contribution in [0.4, 0.5) is 13.2 Å². The molecule has 5 rings (SSSR count). The normalized spacial score (nSPS) is 21.6. The second-order valence-electron chi connectivity index (χ2n) is 15.0. The zero-order chi connectivity index (χ0) is 33.7. The fourth-order valence-corrected chi connectivity index (χ4v) is 8.68. The highest BCUT2D eigenvalue weighted by molar-refractivity contribution is 5.71. The predicted molar refractivity (Wildman–Crippen MR) is 198 cm³/mol. The van der Waals surface area contributed by atoms with Gasteiger partial charge in [0.1, 0.15) is 5.82 Å². The average molecular weight is 657 g/mol. The van der Waals surface area contributed by atoms with Crippen LogP contribution in [0.25, 0.3) is 22.3 Å². The smallest absolute Gasteiger partial charge is 0.166 e. The standard InChI is InChI=1S/C45H59F3/c1-3-5-7-8-9-10-11-13-15-39-28-31-42(45(48)44(39)47)38-26-22-36(23-27-38)40-29-30-41(43(46)32-40)37-24-20-35(21-25-37)34-18-16-33(17-19-34)14-12-6-4-2/h4,6,22-23,26-35,37H,3,5,7-21,24-25H2,1-2H3/b6-4+. The van der Waals surface area contributed by atoms with E-state index in [1.165, 1.54) is 83.5 Å². The van der Waals surface area contributed by atoms with Gasteiger partial charge in [0.05, 0.1) is 0 Å². The Morgan fingerprint density at radius 2 is 1.23 bits per heavy atom. The molecule has 0 amide bonds. The summed E-state index contributed by atoms with van der Waals surface area (Å²) in [6.07, 6.45) is 27.2. The highest BCUT2D eigenvalue weighted by atomic mass is 19.2. The van der Waals surface area contributed by atoms with E-state index in [0.29, 0.717) is 23.5 Å². The van der Waals surface area contributed by atoms with E-state index < -0.39 is 11.6 Å². The summed E-state index contributed by atoms with van der Waals surface area (Å²) >= 11 is 0. The van der Waals surface area contributed by atoms with E-state index in [4.69, 9.17) is 0 Å². The van der Waals surface area contributed by atoms with Gasteiger partial charge in [0, 0.05) is 5.56 Å². The highest BCUT2D eigenvalue weighted by Gasteiger charge is 2.32. The first-order valence-electron chi connectivity index (χ1n) is 19.5. The van der Waals surface area contributed by atoms with Gasteiger partial charge >= 0.3 is 0 Å². The Morgan fingerprint density at radius 3 is 1.88 bits per heavy atom. The van der Waals surface area contributed by atoms with Gasteiger partial charge in [-0.2, -0.15) is 0 Å². The fourth-order valence-electron chi connectivity index (χ4n) is 8.68. The number of aryl methyl sites for hydroxylation is 1. The number of hydrogen-bond donors (Lipinski definition) is 0. The lowest BCUT2D eigenvalue weighted by atomic mass is 9.68. The molecule has 0 aliphatic heterocycles. The molecule has 0 bridgehead atoms. The maximum absolute atomic E-state index is 15.5. The number of benzene rings is 3. The third-order valence-corrected chi connectivity index (χ3v) is 11.7. The number of allylic oxidation sites excluding steroid dienone is 2. The molecular formula is C45H59F3. The Hall–Kier alpha value is -2.81. The van der Waals surface area contributed by atoms with Crippen LogP contribution in [0, 0.1) is 35.2 Å². The second-order valence-corrected chi connectivity index (χ2v) is 15.0. The first-order valence-corrected chi connectivity index (χ1v) is 19.5. The van der Waals surface area contributed by atoms with Gasteiger partial charge in [-0.25, -0.2) is 13.2 Å². The lowest BCUT2D eigenvalue weighted by Crippen LogP contribution is -2.25. The van der Waals surface area contributed by atoms with Crippen LogP contribution in [0.15, 0.2) is 66.7 Å². The van der Waals surface area contributed by atoms with Gasteiger partial charge in [-0.1, -0.05) is 125 Å². The first-order chi connectivity index (χ1) is 23.5. The van der Waals surface area contributed by atoms with Crippen molar-refractivity contribution in [2.75, 3.05) is 0 Å². The van der Waals surface area contributed by atoms with Crippen LogP contribution in [-0.2, 0) is 6.42 Å². The van der Waals surface area contributed by atoms with Crippen molar-refractivity contribution in [1.29, 1.82) is 0 Å². The minimum atomic E-state index is -0.780. The zero-order valence-electron chi connectivity index (χ0n) is 29.7. The molecule has 0 heterocycles. The van der Waals surface area contributed by atoms with E-state index in [1.807, 2.05) is 36.4 Å². The molecule has 3 heteroatoms. The molecule has 260 valence electrons. The summed E-state index contributed by atoms with van der Waals surface area (Å²) in [5.41, 5.74) is 3.90. The molecule has 0 spiro atoms. The molecule has 2 fully saturated rings. The molecule has 0 aromatic heterocycles. The maximum Gasteiger partial charge on any atom is 0.166 e. The van der Waals surface area contributed by atoms with E-state index in [2.05, 4.69) is 26.0 Å². The molecule has 0 radical (unpaired) electrons. The molecule has 0 unspecified atom stereocenters. The number of hydrogen-bond acceptors (Lipinski definition) is 0. The molecule has 2 aliphatic carbocycles. The Balaban J connectivity index is 1.11. The van der Waals surface area contributed by atoms with Crippen molar-refractivity contribution in [3.63, 3.8) is 0 Å². The van der Waals surface area contributed by atoms with Crippen molar-refractivity contribution in [2.45, 2.75) is 142 Å². The first kappa shape index (κ1) is 36.5. The molecule has 2 aliphatic rings. The molecule has 0 nitrogen and oxygen atoms in total. The van der Waals surface area contributed by atoms with E-state index in [1.54, 1.807) is 18.2 Å². The molecule has 48 heavy (non-hydrogen) atoms. The lowest BCUT2D eigenvalue weighted by molar-refractivity contribution is 0.156. The minimum Gasteiger partial charge on any atom is -0.207 e. The van der Waals surface area contributed by atoms with Crippen molar-refractivity contribution in [2.24, 2.45) is 17.8 Å². The molecule has 2 saturated carbocycles. The van der Waals surface area contributed by atoms with Crippen LogP contribution in [0.2, 0.25) is 0 Å². The summed E-state index contributed by atoms with van der Waals surface area (Å²) in [7, 11) is 0. The summed E-state index contributed by atoms with van der Waals surface area (Å²) in [4.78, 5) is 0. The summed E-state index contributed by atoms with van der Waals surface area (Å²) in [5.74, 6) is 1.24. The van der Waals surface area contributed by atoms with Gasteiger partial charge in [0.15, 0.2) is 11.6 Å². The van der Waals surface area contributed by atoms with Crippen molar-refractivity contribution in [3.8, 4) is 22.3 Å². The van der Waals surface area contributed by atoms with E-state index >= 15 is 13.2 Å². The summed E-state index contributed by atoms with van der Waals surface area (Å²) in [6, 6.07) is 16.5. The number of unbranched alkanes of at least 4 members (excludes halogenated alkanes) is 7. The van der Waals surface area contributed by atoms with Gasteiger partial charge in [0.25, 0.3) is 0 Å². The Kier molecular flexibility index (Phi) is 14.3. The molecule has 0 saturated heterocycles. The van der Waals surface area contributed by atoms with Crippen LogP contribution >= 0.6 is 0 Å². The van der Waals surface area contributed by atoms with Crippen LogP contribution in [0.5, 0.6) is 0 Å². The molecule has 0 N–H and O–H groups in total. The van der Waals surface area contributed by atoms with Crippen LogP contribution < -0.4 is 0 Å². The van der Waals surface area contributed by atoms with Crippen molar-refractivity contribution in [1.82, 2.24) is 0 Å². The van der Waals surface area contributed by atoms with E-state index in [0.717, 1.165) is 66.5 Å². The van der Waals surface area contributed by atoms with Crippen molar-refractivity contribution < 1.29 is 13.2 Å². The Morgan fingerprint density at radius 1 is 0.625 bits per heavy atom. The maximum atomic E-state index is 15.5. The highest BCUT2D eigenvalue weighted by Crippen LogP contribution is 2.45. The third kappa shape index (κ3) is 9.88. The van der Waals surface area contributed by atoms with Crippen molar-refractivity contribution >= 4 is 0 Å². The van der Waals surface area contributed by atoms with Gasteiger partial charge in [-0.15, -0.1) is 0 Å². The van der Waals surface area contributed by atoms with Gasteiger partial charge < -0.3 is 0 Å². The molecule has 3 aromatic carbocycles. The van der Waals surface area contributed by atoms with Crippen LogP contribution in [0.1, 0.15) is 146 Å². The lowest BCUT2D eigenvalue weighted by Gasteiger charge is -2.38.